The van der Waals surface area contributed by atoms with Crippen LogP contribution in [0.3, 0.4) is 0 Å². The van der Waals surface area contributed by atoms with E-state index in [-0.39, 0.29) is 10.8 Å². The second kappa shape index (κ2) is 9.21. The van der Waals surface area contributed by atoms with E-state index in [1.807, 2.05) is 45.9 Å². The minimum absolute atomic E-state index is 0.0781. The van der Waals surface area contributed by atoms with Crippen molar-refractivity contribution in [3.63, 3.8) is 0 Å². The third-order valence-electron chi connectivity index (χ3n) is 4.35. The van der Waals surface area contributed by atoms with Gasteiger partial charge in [-0.15, -0.1) is 0 Å². The first-order chi connectivity index (χ1) is 13.2. The summed E-state index contributed by atoms with van der Waals surface area (Å²) < 4.78 is 32.9. The Morgan fingerprint density at radius 3 is 2.29 bits per heavy atom. The molecule has 0 bridgehead atoms. The molecule has 0 saturated heterocycles. The Balaban J connectivity index is 2.14. The number of aryl methyl sites for hydroxylation is 1. The van der Waals surface area contributed by atoms with Gasteiger partial charge in [-0.1, -0.05) is 32.0 Å². The summed E-state index contributed by atoms with van der Waals surface area (Å²) in [6.07, 6.45) is 0. The number of sulfonamides is 1. The number of hydrogen-bond acceptors (Lipinski definition) is 4. The summed E-state index contributed by atoms with van der Waals surface area (Å²) in [6, 6.07) is 11.0. The molecule has 0 aliphatic rings. The first-order valence-corrected chi connectivity index (χ1v) is 10.8. The van der Waals surface area contributed by atoms with Gasteiger partial charge in [0.15, 0.2) is 0 Å². The molecule has 0 heterocycles. The van der Waals surface area contributed by atoms with Gasteiger partial charge in [0.05, 0.1) is 17.5 Å². The average Bonchev–Trinajstić information content (AvgIpc) is 2.63. The molecule has 0 aromatic heterocycles. The van der Waals surface area contributed by atoms with E-state index in [9.17, 15) is 13.2 Å². The summed E-state index contributed by atoms with van der Waals surface area (Å²) in [6.45, 7) is 9.88. The van der Waals surface area contributed by atoms with E-state index in [4.69, 9.17) is 4.74 Å². The van der Waals surface area contributed by atoms with E-state index in [1.54, 1.807) is 12.1 Å². The lowest BCUT2D eigenvalue weighted by molar-refractivity contribution is -0.117. The predicted molar refractivity (Wildman–Crippen MR) is 111 cm³/mol. The summed E-state index contributed by atoms with van der Waals surface area (Å²) in [4.78, 5) is 12.7. The monoisotopic (exact) mass is 404 g/mol. The lowest BCUT2D eigenvalue weighted by Gasteiger charge is -2.19. The molecule has 2 rings (SSSR count). The van der Waals surface area contributed by atoms with E-state index in [2.05, 4.69) is 10.0 Å². The summed E-state index contributed by atoms with van der Waals surface area (Å²) in [5.74, 6) is 0.407. The molecule has 1 amide bonds. The summed E-state index contributed by atoms with van der Waals surface area (Å²) >= 11 is 0. The van der Waals surface area contributed by atoms with E-state index in [1.165, 1.54) is 19.1 Å². The minimum atomic E-state index is -3.83. The zero-order chi connectivity index (χ0) is 20.9. The third kappa shape index (κ3) is 5.33. The molecular formula is C21H28N2O4S. The molecule has 2 N–H and O–H groups in total. The lowest BCUT2D eigenvalue weighted by atomic mass is 9.98. The Hall–Kier alpha value is -2.38. The van der Waals surface area contributed by atoms with Crippen LogP contribution in [0.5, 0.6) is 5.75 Å². The molecule has 0 unspecified atom stereocenters. The molecule has 0 radical (unpaired) electrons. The van der Waals surface area contributed by atoms with Gasteiger partial charge in [0.25, 0.3) is 0 Å². The number of carbonyl (C=O) groups is 1. The molecule has 2 aromatic carbocycles. The van der Waals surface area contributed by atoms with E-state index >= 15 is 0 Å². The van der Waals surface area contributed by atoms with Crippen LogP contribution < -0.4 is 14.8 Å². The maximum atomic E-state index is 12.6. The number of anilines is 1. The van der Waals surface area contributed by atoms with Crippen molar-refractivity contribution in [3.05, 3.63) is 53.6 Å². The average molecular weight is 405 g/mol. The molecule has 0 spiro atoms. The molecular weight excluding hydrogens is 376 g/mol. The van der Waals surface area contributed by atoms with Gasteiger partial charge in [0.2, 0.25) is 15.9 Å². The summed E-state index contributed by atoms with van der Waals surface area (Å²) in [5, 5.41) is 2.87. The molecule has 0 saturated carbocycles. The maximum absolute atomic E-state index is 12.6. The number of rotatable bonds is 8. The number of benzene rings is 2. The van der Waals surface area contributed by atoms with E-state index < -0.39 is 22.0 Å². The highest BCUT2D eigenvalue weighted by Crippen LogP contribution is 2.27. The van der Waals surface area contributed by atoms with Crippen LogP contribution in [0.25, 0.3) is 0 Å². The number of para-hydroxylation sites is 1. The fraction of sp³-hybridized carbons (Fsp3) is 0.381. The number of carbonyl (C=O) groups excluding carboxylic acids is 1. The Bertz CT molecular complexity index is 922. The first-order valence-electron chi connectivity index (χ1n) is 9.31. The predicted octanol–water partition coefficient (Wildman–Crippen LogP) is 3.82. The van der Waals surface area contributed by atoms with Crippen LogP contribution in [0.1, 0.15) is 44.7 Å². The van der Waals surface area contributed by atoms with E-state index in [0.717, 1.165) is 16.8 Å². The van der Waals surface area contributed by atoms with Crippen LogP contribution in [0.2, 0.25) is 0 Å². The number of amides is 1. The Kier molecular flexibility index (Phi) is 7.21. The van der Waals surface area contributed by atoms with Crippen molar-refractivity contribution in [2.45, 2.75) is 51.5 Å². The minimum Gasteiger partial charge on any atom is -0.494 e. The number of hydrogen-bond donors (Lipinski definition) is 2. The van der Waals surface area contributed by atoms with Crippen molar-refractivity contribution in [1.82, 2.24) is 4.72 Å². The Labute approximate surface area is 167 Å². The van der Waals surface area contributed by atoms with Crippen molar-refractivity contribution in [2.75, 3.05) is 11.9 Å². The lowest BCUT2D eigenvalue weighted by Crippen LogP contribution is -2.41. The van der Waals surface area contributed by atoms with Crippen molar-refractivity contribution in [1.29, 1.82) is 0 Å². The van der Waals surface area contributed by atoms with Crippen molar-refractivity contribution >= 4 is 21.6 Å². The topological polar surface area (TPSA) is 84.5 Å². The largest absolute Gasteiger partial charge is 0.494 e. The van der Waals surface area contributed by atoms with Crippen LogP contribution in [0.15, 0.2) is 47.4 Å². The van der Waals surface area contributed by atoms with Gasteiger partial charge in [0, 0.05) is 5.69 Å². The van der Waals surface area contributed by atoms with Gasteiger partial charge in [-0.05, 0) is 62.1 Å². The third-order valence-corrected chi connectivity index (χ3v) is 5.90. The smallest absolute Gasteiger partial charge is 0.242 e. The highest BCUT2D eigenvalue weighted by atomic mass is 32.2. The van der Waals surface area contributed by atoms with Crippen molar-refractivity contribution in [3.8, 4) is 5.75 Å². The van der Waals surface area contributed by atoms with Crippen LogP contribution in [0, 0.1) is 6.92 Å². The SMILES string of the molecule is CCOc1ccc(S(=O)(=O)N[C@@H](C)C(=O)Nc2c(C)cccc2C(C)C)cc1. The number of ether oxygens (including phenoxy) is 1. The normalized spacial score (nSPS) is 12.6. The second-order valence-corrected chi connectivity index (χ2v) is 8.64. The van der Waals surface area contributed by atoms with Crippen molar-refractivity contribution < 1.29 is 17.9 Å². The van der Waals surface area contributed by atoms with Crippen LogP contribution in [-0.4, -0.2) is 27.0 Å². The molecule has 0 aliphatic heterocycles. The zero-order valence-corrected chi connectivity index (χ0v) is 17.8. The summed E-state index contributed by atoms with van der Waals surface area (Å²) in [7, 11) is -3.83. The number of nitrogens with one attached hydrogen (secondary N) is 2. The van der Waals surface area contributed by atoms with Gasteiger partial charge < -0.3 is 10.1 Å². The first kappa shape index (κ1) is 21.9. The van der Waals surface area contributed by atoms with Crippen LogP contribution >= 0.6 is 0 Å². The standard InChI is InChI=1S/C21H28N2O4S/c1-6-27-17-10-12-18(13-11-17)28(25,26)23-16(5)21(24)22-20-15(4)8-7-9-19(20)14(2)3/h7-14,16,23H,6H2,1-5H3,(H,22,24)/t16-/m0/s1. The molecule has 2 aromatic rings. The van der Waals surface area contributed by atoms with Gasteiger partial charge in [0.1, 0.15) is 5.75 Å². The fourth-order valence-corrected chi connectivity index (χ4v) is 4.01. The molecule has 152 valence electrons. The Morgan fingerprint density at radius 1 is 1.07 bits per heavy atom. The molecule has 6 nitrogen and oxygen atoms in total. The van der Waals surface area contributed by atoms with Crippen LogP contribution in [0.4, 0.5) is 5.69 Å². The van der Waals surface area contributed by atoms with E-state index in [0.29, 0.717) is 12.4 Å². The van der Waals surface area contributed by atoms with Crippen LogP contribution in [-0.2, 0) is 14.8 Å². The van der Waals surface area contributed by atoms with Crippen molar-refractivity contribution in [2.24, 2.45) is 0 Å². The van der Waals surface area contributed by atoms with Gasteiger partial charge in [-0.3, -0.25) is 4.79 Å². The van der Waals surface area contributed by atoms with Gasteiger partial charge in [-0.2, -0.15) is 4.72 Å². The molecule has 28 heavy (non-hydrogen) atoms. The molecule has 0 fully saturated rings. The molecule has 7 heteroatoms. The fourth-order valence-electron chi connectivity index (χ4n) is 2.81. The Morgan fingerprint density at radius 2 is 1.71 bits per heavy atom. The molecule has 1 atom stereocenters. The summed E-state index contributed by atoms with van der Waals surface area (Å²) in [5.41, 5.74) is 2.67. The molecule has 0 aliphatic carbocycles. The second-order valence-electron chi connectivity index (χ2n) is 6.93. The quantitative estimate of drug-likeness (QED) is 0.700. The van der Waals surface area contributed by atoms with Gasteiger partial charge >= 0.3 is 0 Å². The maximum Gasteiger partial charge on any atom is 0.242 e. The zero-order valence-electron chi connectivity index (χ0n) is 16.9. The van der Waals surface area contributed by atoms with Gasteiger partial charge in [-0.25, -0.2) is 8.42 Å². The highest BCUT2D eigenvalue weighted by Gasteiger charge is 2.23. The highest BCUT2D eigenvalue weighted by molar-refractivity contribution is 7.89.